The Morgan fingerprint density at radius 3 is 2.50 bits per heavy atom. The minimum Gasteiger partial charge on any atom is -0.432 e. The topological polar surface area (TPSA) is 43.3 Å². The van der Waals surface area contributed by atoms with Crippen LogP contribution < -0.4 is 0 Å². The first kappa shape index (κ1) is 19.6. The molecule has 4 aromatic rings. The van der Waals surface area contributed by atoms with Gasteiger partial charge in [-0.2, -0.15) is 13.3 Å². The molecule has 4 rings (SSSR count). The van der Waals surface area contributed by atoms with Crippen LogP contribution in [0.4, 0.5) is 12.7 Å². The Labute approximate surface area is 153 Å². The van der Waals surface area contributed by atoms with Crippen LogP contribution in [0.1, 0.15) is 7.43 Å². The monoisotopic (exact) mass is 379 g/mol. The second-order valence-corrected chi connectivity index (χ2v) is 5.18. The number of hydrogen-bond acceptors (Lipinski definition) is 4. The van der Waals surface area contributed by atoms with Gasteiger partial charge in [0.1, 0.15) is 17.8 Å². The van der Waals surface area contributed by atoms with Crippen LogP contribution in [-0.2, 0) is 0 Å². The van der Waals surface area contributed by atoms with Gasteiger partial charge in [0.2, 0.25) is 5.95 Å². The Morgan fingerprint density at radius 2 is 1.85 bits per heavy atom. The van der Waals surface area contributed by atoms with Crippen molar-refractivity contribution in [3.05, 3.63) is 66.8 Å². The van der Waals surface area contributed by atoms with Crippen LogP contribution in [0, 0.1) is 11.8 Å². The Morgan fingerprint density at radius 1 is 1.12 bits per heavy atom. The molecule has 1 aromatic carbocycles. The molecule has 8 heteroatoms. The molecule has 0 N–H and O–H groups in total. The van der Waals surface area contributed by atoms with Gasteiger partial charge in [-0.25, -0.2) is 9.37 Å². The standard InChI is InChI=1S/C16H9F2N3O.CH3FS.CH4/c17-12-4-2-1-3-11(12)14-15(10-5-6-13(18)19-9-10)21-7-8-22-16(21)20-14;1-3-2;/h1-9H;1H3;1H4. The van der Waals surface area contributed by atoms with Gasteiger partial charge in [0.15, 0.2) is 0 Å². The lowest BCUT2D eigenvalue weighted by Gasteiger charge is -2.05. The Kier molecular flexibility index (Phi) is 6.46. The average Bonchev–Trinajstić information content (AvgIpc) is 3.18. The number of oxazole rings is 1. The number of halogens is 3. The van der Waals surface area contributed by atoms with Crippen molar-refractivity contribution in [1.29, 1.82) is 0 Å². The first-order valence-electron chi connectivity index (χ1n) is 7.12. The Balaban J connectivity index is 0.000000570. The number of fused-ring (bicyclic) bond motifs is 1. The van der Waals surface area contributed by atoms with E-state index in [1.54, 1.807) is 34.9 Å². The van der Waals surface area contributed by atoms with Crippen molar-refractivity contribution in [2.75, 3.05) is 6.26 Å². The molecule has 0 spiro atoms. The van der Waals surface area contributed by atoms with Gasteiger partial charge < -0.3 is 4.42 Å². The van der Waals surface area contributed by atoms with Crippen LogP contribution in [0.5, 0.6) is 0 Å². The highest BCUT2D eigenvalue weighted by Crippen LogP contribution is 2.33. The molecule has 0 radical (unpaired) electrons. The van der Waals surface area contributed by atoms with Crippen molar-refractivity contribution in [1.82, 2.24) is 14.4 Å². The van der Waals surface area contributed by atoms with E-state index in [-0.39, 0.29) is 25.4 Å². The minimum atomic E-state index is -0.579. The number of rotatable bonds is 2. The molecule has 4 nitrogen and oxygen atoms in total. The third-order valence-electron chi connectivity index (χ3n) is 3.39. The molecule has 0 fully saturated rings. The molecule has 0 amide bonds. The molecule has 0 aliphatic rings. The fraction of sp³-hybridized carbons (Fsp3) is 0.111. The summed E-state index contributed by atoms with van der Waals surface area (Å²) >= 11 is 0.250. The van der Waals surface area contributed by atoms with Gasteiger partial charge in [0.05, 0.1) is 5.69 Å². The van der Waals surface area contributed by atoms with Crippen LogP contribution in [0.15, 0.2) is 59.5 Å². The SMILES string of the molecule is C.CSF.Fc1ccc(-c2c(-c3ccccc3F)nc3occn23)cn1. The number of aromatic nitrogens is 3. The number of pyridine rings is 1. The highest BCUT2D eigenvalue weighted by atomic mass is 32.2. The summed E-state index contributed by atoms with van der Waals surface area (Å²) in [5.41, 5.74) is 1.99. The van der Waals surface area contributed by atoms with Crippen molar-refractivity contribution >= 4 is 18.0 Å². The number of imidazole rings is 1. The van der Waals surface area contributed by atoms with Gasteiger partial charge in [-0.05, 0) is 24.3 Å². The van der Waals surface area contributed by atoms with Crippen LogP contribution in [0.3, 0.4) is 0 Å². The lowest BCUT2D eigenvalue weighted by Crippen LogP contribution is -1.91. The molecule has 0 aliphatic heterocycles. The molecule has 0 saturated carbocycles. The van der Waals surface area contributed by atoms with Crippen LogP contribution in [-0.4, -0.2) is 20.6 Å². The van der Waals surface area contributed by atoms with E-state index in [0.29, 0.717) is 28.4 Å². The first-order valence-corrected chi connectivity index (χ1v) is 8.25. The van der Waals surface area contributed by atoms with E-state index < -0.39 is 5.95 Å². The molecule has 0 unspecified atom stereocenters. The molecule has 0 aliphatic carbocycles. The Bertz CT molecular complexity index is 983. The maximum atomic E-state index is 14.1. The molecule has 136 valence electrons. The summed E-state index contributed by atoms with van der Waals surface area (Å²) in [6.45, 7) is 0. The largest absolute Gasteiger partial charge is 0.432 e. The van der Waals surface area contributed by atoms with Gasteiger partial charge in [0, 0.05) is 41.9 Å². The molecule has 26 heavy (non-hydrogen) atoms. The third kappa shape index (κ3) is 3.75. The van der Waals surface area contributed by atoms with Gasteiger partial charge in [-0.15, -0.1) is 0 Å². The molecule has 0 saturated heterocycles. The predicted octanol–water partition coefficient (Wildman–Crippen LogP) is 5.80. The smallest absolute Gasteiger partial charge is 0.306 e. The second-order valence-electron chi connectivity index (χ2n) is 4.87. The van der Waals surface area contributed by atoms with Crippen molar-refractivity contribution < 1.29 is 17.1 Å². The summed E-state index contributed by atoms with van der Waals surface area (Å²) in [4.78, 5) is 7.99. The molecule has 3 heterocycles. The third-order valence-corrected chi connectivity index (χ3v) is 3.39. The minimum absolute atomic E-state index is 0. The van der Waals surface area contributed by atoms with Crippen molar-refractivity contribution in [3.8, 4) is 22.5 Å². The first-order chi connectivity index (χ1) is 12.2. The van der Waals surface area contributed by atoms with E-state index in [0.717, 1.165) is 0 Å². The van der Waals surface area contributed by atoms with Gasteiger partial charge >= 0.3 is 5.84 Å². The summed E-state index contributed by atoms with van der Waals surface area (Å²) in [7, 11) is 0. The highest BCUT2D eigenvalue weighted by molar-refractivity contribution is 7.93. The maximum absolute atomic E-state index is 14.1. The maximum Gasteiger partial charge on any atom is 0.306 e. The van der Waals surface area contributed by atoms with Crippen LogP contribution in [0.25, 0.3) is 28.4 Å². The number of nitrogens with zero attached hydrogens (tertiary/aromatic N) is 3. The van der Waals surface area contributed by atoms with Gasteiger partial charge in [-0.3, -0.25) is 4.40 Å². The fourth-order valence-corrected chi connectivity index (χ4v) is 2.42. The zero-order valence-electron chi connectivity index (χ0n) is 13.0. The van der Waals surface area contributed by atoms with Crippen molar-refractivity contribution in [2.24, 2.45) is 0 Å². The highest BCUT2D eigenvalue weighted by Gasteiger charge is 2.20. The number of benzene rings is 1. The summed E-state index contributed by atoms with van der Waals surface area (Å²) in [5, 5.41) is 0. The van der Waals surface area contributed by atoms with E-state index in [9.17, 15) is 12.7 Å². The van der Waals surface area contributed by atoms with Crippen LogP contribution in [0.2, 0.25) is 0 Å². The van der Waals surface area contributed by atoms with Crippen molar-refractivity contribution in [2.45, 2.75) is 7.43 Å². The van der Waals surface area contributed by atoms with Crippen LogP contribution >= 0.6 is 12.1 Å². The molecule has 0 bridgehead atoms. The average molecular weight is 379 g/mol. The van der Waals surface area contributed by atoms with E-state index in [2.05, 4.69) is 9.97 Å². The van der Waals surface area contributed by atoms with E-state index >= 15 is 0 Å². The quantitative estimate of drug-likeness (QED) is 0.413. The van der Waals surface area contributed by atoms with E-state index in [4.69, 9.17) is 4.42 Å². The normalized spacial score (nSPS) is 10.2. The Hall–Kier alpha value is -2.74. The van der Waals surface area contributed by atoms with E-state index in [1.807, 2.05) is 0 Å². The molecular weight excluding hydrogens is 363 g/mol. The van der Waals surface area contributed by atoms with Crippen molar-refractivity contribution in [3.63, 3.8) is 0 Å². The molecule has 3 aromatic heterocycles. The zero-order valence-corrected chi connectivity index (χ0v) is 13.8. The summed E-state index contributed by atoms with van der Waals surface area (Å²) in [6.07, 6.45) is 5.91. The molecular formula is C18H16F3N3OS. The van der Waals surface area contributed by atoms with Gasteiger partial charge in [0.25, 0.3) is 0 Å². The predicted molar refractivity (Wildman–Crippen MR) is 97.4 cm³/mol. The summed E-state index contributed by atoms with van der Waals surface area (Å²) < 4.78 is 44.3. The summed E-state index contributed by atoms with van der Waals surface area (Å²) in [5.74, 6) is -0.638. The molecule has 0 atom stereocenters. The lowest BCUT2D eigenvalue weighted by atomic mass is 10.1. The summed E-state index contributed by atoms with van der Waals surface area (Å²) in [6, 6.07) is 9.16. The fourth-order valence-electron chi connectivity index (χ4n) is 2.42. The second kappa shape index (κ2) is 8.57. The lowest BCUT2D eigenvalue weighted by molar-refractivity contribution is 0.584. The van der Waals surface area contributed by atoms with E-state index in [1.165, 1.54) is 30.8 Å². The zero-order chi connectivity index (χ0) is 17.8. The number of hydrogen-bond donors (Lipinski definition) is 0. The van der Waals surface area contributed by atoms with Gasteiger partial charge in [-0.1, -0.05) is 19.6 Å².